The number of carbonyl (C=O) groups excluding carboxylic acids is 2. The minimum Gasteiger partial charge on any atom is -0.487 e. The Morgan fingerprint density at radius 1 is 1.12 bits per heavy atom. The Bertz CT molecular complexity index is 1410. The standard InChI is InChI=1S/C31H40N6O5/c1-31(2,3)42-30(40)37-18-22-14-25(41-19-24-11-13-34-36(24)4)9-8-20(22)15-26(37)27(38)17-33-29(39)21-10-12-32-28(16-21)35-23-6-5-7-23/h8-14,16,23,26-27,38H,5-7,15,17-19H2,1-4H3,(H,32,35)(H,33,39)/t26-,27+/m0/s1. The molecule has 2 amide bonds. The van der Waals surface area contributed by atoms with Gasteiger partial charge in [0.15, 0.2) is 0 Å². The van der Waals surface area contributed by atoms with Crippen molar-refractivity contribution in [1.82, 2.24) is 25.0 Å². The summed E-state index contributed by atoms with van der Waals surface area (Å²) in [6.07, 6.45) is 5.57. The normalized spacial score (nSPS) is 17.5. The molecule has 11 nitrogen and oxygen atoms in total. The number of rotatable bonds is 9. The molecule has 42 heavy (non-hydrogen) atoms. The molecule has 3 aromatic rings. The lowest BCUT2D eigenvalue weighted by atomic mass is 9.91. The second-order valence-corrected chi connectivity index (χ2v) is 12.0. The maximum Gasteiger partial charge on any atom is 0.410 e. The number of aromatic nitrogens is 3. The van der Waals surface area contributed by atoms with Crippen molar-refractivity contribution in [3.63, 3.8) is 0 Å². The van der Waals surface area contributed by atoms with E-state index in [0.29, 0.717) is 36.2 Å². The molecule has 1 saturated carbocycles. The molecule has 3 N–H and O–H groups in total. The molecule has 0 spiro atoms. The third-order valence-corrected chi connectivity index (χ3v) is 7.68. The SMILES string of the molecule is Cn1nccc1COc1ccc2c(c1)CN(C(=O)OC(C)(C)C)[C@H]([C@H](O)CNC(=O)c1ccnc(NC3CCC3)c1)C2. The Balaban J connectivity index is 1.27. The number of fused-ring (bicyclic) bond motifs is 1. The third kappa shape index (κ3) is 7.20. The topological polar surface area (TPSA) is 131 Å². The first-order valence-electron chi connectivity index (χ1n) is 14.5. The smallest absolute Gasteiger partial charge is 0.410 e. The number of aryl methyl sites for hydroxylation is 1. The van der Waals surface area contributed by atoms with Crippen LogP contribution in [0.4, 0.5) is 10.6 Å². The van der Waals surface area contributed by atoms with Gasteiger partial charge in [-0.1, -0.05) is 6.07 Å². The summed E-state index contributed by atoms with van der Waals surface area (Å²) in [6, 6.07) is 10.8. The van der Waals surface area contributed by atoms with Gasteiger partial charge in [-0.2, -0.15) is 5.10 Å². The number of nitrogens with one attached hydrogen (secondary N) is 2. The molecule has 5 rings (SSSR count). The largest absolute Gasteiger partial charge is 0.487 e. The summed E-state index contributed by atoms with van der Waals surface area (Å²) in [5.41, 5.74) is 2.60. The number of amides is 2. The molecule has 2 aromatic heterocycles. The van der Waals surface area contributed by atoms with Crippen LogP contribution in [0.1, 0.15) is 67.2 Å². The maximum atomic E-state index is 13.3. The summed E-state index contributed by atoms with van der Waals surface area (Å²) >= 11 is 0. The summed E-state index contributed by atoms with van der Waals surface area (Å²) in [6.45, 7) is 5.99. The zero-order valence-corrected chi connectivity index (χ0v) is 24.7. The van der Waals surface area contributed by atoms with Crippen LogP contribution in [0.2, 0.25) is 0 Å². The van der Waals surface area contributed by atoms with E-state index < -0.39 is 23.8 Å². The number of pyridine rings is 1. The molecule has 0 saturated heterocycles. The highest BCUT2D eigenvalue weighted by atomic mass is 16.6. The zero-order chi connectivity index (χ0) is 29.9. The van der Waals surface area contributed by atoms with E-state index in [0.717, 1.165) is 29.7 Å². The maximum absolute atomic E-state index is 13.3. The van der Waals surface area contributed by atoms with E-state index in [1.165, 1.54) is 6.42 Å². The molecule has 1 aliphatic heterocycles. The van der Waals surface area contributed by atoms with Crippen molar-refractivity contribution < 1.29 is 24.2 Å². The molecular weight excluding hydrogens is 536 g/mol. The fourth-order valence-corrected chi connectivity index (χ4v) is 5.09. The average molecular weight is 577 g/mol. The van der Waals surface area contributed by atoms with E-state index in [4.69, 9.17) is 9.47 Å². The fraction of sp³-hybridized carbons (Fsp3) is 0.484. The lowest BCUT2D eigenvalue weighted by molar-refractivity contribution is -0.0113. The summed E-state index contributed by atoms with van der Waals surface area (Å²) in [4.78, 5) is 32.1. The van der Waals surface area contributed by atoms with Gasteiger partial charge in [0.2, 0.25) is 0 Å². The van der Waals surface area contributed by atoms with Crippen molar-refractivity contribution in [2.24, 2.45) is 7.05 Å². The van der Waals surface area contributed by atoms with Crippen LogP contribution in [0.3, 0.4) is 0 Å². The lowest BCUT2D eigenvalue weighted by Gasteiger charge is -2.40. The fourth-order valence-electron chi connectivity index (χ4n) is 5.09. The second-order valence-electron chi connectivity index (χ2n) is 12.0. The first-order chi connectivity index (χ1) is 20.1. The Hall–Kier alpha value is -4.12. The molecule has 2 atom stereocenters. The van der Waals surface area contributed by atoms with Crippen molar-refractivity contribution in [2.45, 2.75) is 83.4 Å². The van der Waals surface area contributed by atoms with E-state index in [2.05, 4.69) is 20.7 Å². The van der Waals surface area contributed by atoms with Crippen LogP contribution in [-0.4, -0.2) is 67.1 Å². The first-order valence-corrected chi connectivity index (χ1v) is 14.5. The number of carbonyl (C=O) groups is 2. The van der Waals surface area contributed by atoms with Crippen LogP contribution in [0.5, 0.6) is 5.75 Å². The number of aliphatic hydroxyl groups is 1. The van der Waals surface area contributed by atoms with Crippen LogP contribution >= 0.6 is 0 Å². The molecular formula is C31H40N6O5. The third-order valence-electron chi connectivity index (χ3n) is 7.68. The van der Waals surface area contributed by atoms with Gasteiger partial charge in [0.05, 0.1) is 17.8 Å². The minimum absolute atomic E-state index is 0.0300. The number of nitrogens with zero attached hydrogens (tertiary/aromatic N) is 4. The molecule has 0 unspecified atom stereocenters. The van der Waals surface area contributed by atoms with Gasteiger partial charge in [0, 0.05) is 44.1 Å². The van der Waals surface area contributed by atoms with Gasteiger partial charge in [0.25, 0.3) is 5.91 Å². The summed E-state index contributed by atoms with van der Waals surface area (Å²) in [5.74, 6) is 1.02. The van der Waals surface area contributed by atoms with Gasteiger partial charge in [0.1, 0.15) is 23.8 Å². The lowest BCUT2D eigenvalue weighted by Crippen LogP contribution is -2.54. The van der Waals surface area contributed by atoms with Gasteiger partial charge in [-0.15, -0.1) is 0 Å². The Labute approximate surface area is 246 Å². The van der Waals surface area contributed by atoms with Gasteiger partial charge in [-0.3, -0.25) is 14.4 Å². The minimum atomic E-state index is -1.02. The van der Waals surface area contributed by atoms with E-state index in [1.54, 1.807) is 34.1 Å². The van der Waals surface area contributed by atoms with Crippen LogP contribution in [-0.2, 0) is 31.4 Å². The highest BCUT2D eigenvalue weighted by Gasteiger charge is 2.37. The van der Waals surface area contributed by atoms with Crippen molar-refractivity contribution in [3.05, 3.63) is 71.2 Å². The number of aliphatic hydroxyl groups excluding tert-OH is 1. The number of hydrogen-bond donors (Lipinski definition) is 3. The van der Waals surface area contributed by atoms with E-state index >= 15 is 0 Å². The first kappa shape index (κ1) is 29.4. The van der Waals surface area contributed by atoms with E-state index in [1.807, 2.05) is 52.1 Å². The van der Waals surface area contributed by atoms with Crippen molar-refractivity contribution in [1.29, 1.82) is 0 Å². The highest BCUT2D eigenvalue weighted by Crippen LogP contribution is 2.30. The van der Waals surface area contributed by atoms with Gasteiger partial charge >= 0.3 is 6.09 Å². The predicted molar refractivity (Wildman–Crippen MR) is 157 cm³/mol. The van der Waals surface area contributed by atoms with Gasteiger partial charge in [-0.25, -0.2) is 9.78 Å². The van der Waals surface area contributed by atoms with Crippen molar-refractivity contribution in [3.8, 4) is 5.75 Å². The molecule has 0 radical (unpaired) electrons. The number of benzene rings is 1. The second kappa shape index (κ2) is 12.4. The predicted octanol–water partition coefficient (Wildman–Crippen LogP) is 3.81. The van der Waals surface area contributed by atoms with Crippen LogP contribution in [0.15, 0.2) is 48.8 Å². The van der Waals surface area contributed by atoms with Crippen molar-refractivity contribution >= 4 is 17.8 Å². The van der Waals surface area contributed by atoms with Gasteiger partial charge < -0.3 is 25.2 Å². The Morgan fingerprint density at radius 3 is 2.62 bits per heavy atom. The zero-order valence-electron chi connectivity index (χ0n) is 24.7. The Kier molecular flexibility index (Phi) is 8.67. The molecule has 11 heteroatoms. The quantitative estimate of drug-likeness (QED) is 0.351. The molecule has 1 aliphatic carbocycles. The molecule has 0 bridgehead atoms. The van der Waals surface area contributed by atoms with Crippen LogP contribution < -0.4 is 15.4 Å². The number of anilines is 1. The van der Waals surface area contributed by atoms with Gasteiger partial charge in [-0.05, 0) is 87.9 Å². The van der Waals surface area contributed by atoms with Crippen LogP contribution in [0, 0.1) is 0 Å². The van der Waals surface area contributed by atoms with E-state index in [-0.39, 0.29) is 19.0 Å². The average Bonchev–Trinajstić information content (AvgIpc) is 3.35. The number of hydrogen-bond acceptors (Lipinski definition) is 8. The molecule has 1 aromatic carbocycles. The summed E-state index contributed by atoms with van der Waals surface area (Å²) in [7, 11) is 1.86. The Morgan fingerprint density at radius 2 is 1.93 bits per heavy atom. The summed E-state index contributed by atoms with van der Waals surface area (Å²) < 4.78 is 13.4. The number of ether oxygens (including phenoxy) is 2. The molecule has 1 fully saturated rings. The van der Waals surface area contributed by atoms with Crippen molar-refractivity contribution in [2.75, 3.05) is 11.9 Å². The molecule has 3 heterocycles. The summed E-state index contributed by atoms with van der Waals surface area (Å²) in [5, 5.41) is 21.6. The van der Waals surface area contributed by atoms with E-state index in [9.17, 15) is 14.7 Å². The van der Waals surface area contributed by atoms with Crippen LogP contribution in [0.25, 0.3) is 0 Å². The highest BCUT2D eigenvalue weighted by molar-refractivity contribution is 5.94. The molecule has 2 aliphatic rings. The molecule has 224 valence electrons. The monoisotopic (exact) mass is 576 g/mol.